The minimum atomic E-state index is -0.271. The molecule has 0 radical (unpaired) electrons. The first-order valence-electron chi connectivity index (χ1n) is 7.75. The van der Waals surface area contributed by atoms with E-state index in [1.54, 1.807) is 0 Å². The fraction of sp³-hybridized carbons (Fsp3) is 0.316. The van der Waals surface area contributed by atoms with Crippen molar-refractivity contribution in [2.45, 2.75) is 32.9 Å². The number of amides is 1. The van der Waals surface area contributed by atoms with Crippen LogP contribution in [-0.4, -0.2) is 11.9 Å². The lowest BCUT2D eigenvalue weighted by molar-refractivity contribution is -0.118. The molecule has 1 amide bonds. The summed E-state index contributed by atoms with van der Waals surface area (Å²) in [7, 11) is 0. The molecule has 116 valence electrons. The van der Waals surface area contributed by atoms with Gasteiger partial charge in [-0.1, -0.05) is 62.4 Å². The van der Waals surface area contributed by atoms with E-state index in [4.69, 9.17) is 0 Å². The van der Waals surface area contributed by atoms with Gasteiger partial charge in [0.15, 0.2) is 0 Å². The Morgan fingerprint density at radius 1 is 0.864 bits per heavy atom. The molecule has 0 heterocycles. The summed E-state index contributed by atoms with van der Waals surface area (Å²) in [5.74, 6) is 0.377. The van der Waals surface area contributed by atoms with Crippen LogP contribution in [0, 0.1) is 5.92 Å². The monoisotopic (exact) mass is 296 g/mol. The standard InChI is InChI=1S/C19H24N2O/c1-14(2)18(16-10-6-4-7-11-16)20-15(3)19(22)21-17-12-8-5-9-13-17/h4-15,18,20H,1-3H3,(H,21,22)/t15-,18+/m1/s1. The van der Waals surface area contributed by atoms with Crippen LogP contribution in [0.15, 0.2) is 60.7 Å². The van der Waals surface area contributed by atoms with Crippen LogP contribution in [0.3, 0.4) is 0 Å². The second kappa shape index (κ2) is 7.76. The van der Waals surface area contributed by atoms with Gasteiger partial charge in [-0.3, -0.25) is 10.1 Å². The highest BCUT2D eigenvalue weighted by Crippen LogP contribution is 2.22. The van der Waals surface area contributed by atoms with Gasteiger partial charge in [-0.2, -0.15) is 0 Å². The average molecular weight is 296 g/mol. The number of carbonyl (C=O) groups is 1. The molecule has 0 bridgehead atoms. The third-order valence-electron chi connectivity index (χ3n) is 3.69. The molecule has 0 aliphatic heterocycles. The zero-order valence-corrected chi connectivity index (χ0v) is 13.4. The summed E-state index contributed by atoms with van der Waals surface area (Å²) in [6.45, 7) is 6.22. The first-order chi connectivity index (χ1) is 10.6. The maximum atomic E-state index is 12.3. The minimum absolute atomic E-state index is 0.0206. The summed E-state index contributed by atoms with van der Waals surface area (Å²) in [4.78, 5) is 12.3. The molecule has 2 aromatic rings. The molecule has 0 unspecified atom stereocenters. The van der Waals surface area contributed by atoms with Crippen LogP contribution in [-0.2, 0) is 4.79 Å². The Labute approximate surface area is 132 Å². The minimum Gasteiger partial charge on any atom is -0.325 e. The molecule has 2 N–H and O–H groups in total. The van der Waals surface area contributed by atoms with Gasteiger partial charge in [0.1, 0.15) is 0 Å². The lowest BCUT2D eigenvalue weighted by Crippen LogP contribution is -2.41. The van der Waals surface area contributed by atoms with Crippen LogP contribution in [0.5, 0.6) is 0 Å². The average Bonchev–Trinajstić information content (AvgIpc) is 2.53. The first kappa shape index (κ1) is 16.2. The molecule has 0 aliphatic rings. The Bertz CT molecular complexity index is 581. The molecule has 0 spiro atoms. The number of rotatable bonds is 6. The van der Waals surface area contributed by atoms with Crippen LogP contribution >= 0.6 is 0 Å². The summed E-state index contributed by atoms with van der Waals surface area (Å²) < 4.78 is 0. The predicted molar refractivity (Wildman–Crippen MR) is 91.7 cm³/mol. The van der Waals surface area contributed by atoms with Crippen molar-refractivity contribution < 1.29 is 4.79 Å². The Hall–Kier alpha value is -2.13. The fourth-order valence-corrected chi connectivity index (χ4v) is 2.45. The van der Waals surface area contributed by atoms with Crippen LogP contribution in [0.4, 0.5) is 5.69 Å². The van der Waals surface area contributed by atoms with Gasteiger partial charge in [-0.15, -0.1) is 0 Å². The fourth-order valence-electron chi connectivity index (χ4n) is 2.45. The summed E-state index contributed by atoms with van der Waals surface area (Å²) in [6.07, 6.45) is 0. The van der Waals surface area contributed by atoms with Crippen molar-refractivity contribution in [2.24, 2.45) is 5.92 Å². The largest absolute Gasteiger partial charge is 0.325 e. The van der Waals surface area contributed by atoms with Gasteiger partial charge >= 0.3 is 0 Å². The normalized spacial score (nSPS) is 13.6. The molecule has 0 saturated heterocycles. The smallest absolute Gasteiger partial charge is 0.241 e. The maximum absolute atomic E-state index is 12.3. The van der Waals surface area contributed by atoms with Gasteiger partial charge in [0.2, 0.25) is 5.91 Å². The van der Waals surface area contributed by atoms with Gasteiger partial charge in [0.25, 0.3) is 0 Å². The number of hydrogen-bond acceptors (Lipinski definition) is 2. The van der Waals surface area contributed by atoms with Crippen molar-refractivity contribution in [1.29, 1.82) is 0 Å². The number of anilines is 1. The van der Waals surface area contributed by atoms with Crippen molar-refractivity contribution in [3.63, 3.8) is 0 Å². The number of nitrogens with one attached hydrogen (secondary N) is 2. The van der Waals surface area contributed by atoms with Gasteiger partial charge in [-0.25, -0.2) is 0 Å². The lowest BCUT2D eigenvalue weighted by atomic mass is 9.95. The van der Waals surface area contributed by atoms with Crippen LogP contribution in [0.2, 0.25) is 0 Å². The van der Waals surface area contributed by atoms with Crippen LogP contribution in [0.1, 0.15) is 32.4 Å². The van der Waals surface area contributed by atoms with Crippen LogP contribution < -0.4 is 10.6 Å². The molecule has 0 saturated carbocycles. The molecule has 2 aromatic carbocycles. The lowest BCUT2D eigenvalue weighted by Gasteiger charge is -2.26. The van der Waals surface area contributed by atoms with E-state index in [1.807, 2.05) is 55.5 Å². The second-order valence-corrected chi connectivity index (χ2v) is 5.88. The van der Waals surface area contributed by atoms with E-state index < -0.39 is 0 Å². The molecule has 3 heteroatoms. The molecule has 22 heavy (non-hydrogen) atoms. The molecule has 3 nitrogen and oxygen atoms in total. The first-order valence-corrected chi connectivity index (χ1v) is 7.75. The van der Waals surface area contributed by atoms with Crippen molar-refractivity contribution in [3.8, 4) is 0 Å². The van der Waals surface area contributed by atoms with E-state index in [-0.39, 0.29) is 18.0 Å². The van der Waals surface area contributed by atoms with Crippen molar-refractivity contribution >= 4 is 11.6 Å². The SMILES string of the molecule is CC(C)[C@H](N[C@H](C)C(=O)Nc1ccccc1)c1ccccc1. The van der Waals surface area contributed by atoms with Crippen molar-refractivity contribution in [3.05, 3.63) is 66.2 Å². The molecule has 0 aliphatic carbocycles. The van der Waals surface area contributed by atoms with E-state index >= 15 is 0 Å². The Morgan fingerprint density at radius 2 is 1.41 bits per heavy atom. The second-order valence-electron chi connectivity index (χ2n) is 5.88. The maximum Gasteiger partial charge on any atom is 0.241 e. The molecule has 0 fully saturated rings. The highest BCUT2D eigenvalue weighted by atomic mass is 16.2. The highest BCUT2D eigenvalue weighted by molar-refractivity contribution is 5.94. The van der Waals surface area contributed by atoms with E-state index in [2.05, 4.69) is 36.6 Å². The Morgan fingerprint density at radius 3 is 1.95 bits per heavy atom. The van der Waals surface area contributed by atoms with E-state index in [9.17, 15) is 4.79 Å². The van der Waals surface area contributed by atoms with Crippen molar-refractivity contribution in [2.75, 3.05) is 5.32 Å². The number of benzene rings is 2. The van der Waals surface area contributed by atoms with Crippen molar-refractivity contribution in [1.82, 2.24) is 5.32 Å². The molecule has 2 rings (SSSR count). The summed E-state index contributed by atoms with van der Waals surface area (Å²) in [5, 5.41) is 6.38. The summed E-state index contributed by atoms with van der Waals surface area (Å²) in [5.41, 5.74) is 2.03. The molecule has 2 atom stereocenters. The summed E-state index contributed by atoms with van der Waals surface area (Å²) in [6, 6.07) is 19.7. The predicted octanol–water partition coefficient (Wildman–Crippen LogP) is 4.00. The quantitative estimate of drug-likeness (QED) is 0.846. The van der Waals surface area contributed by atoms with E-state index in [0.29, 0.717) is 5.92 Å². The van der Waals surface area contributed by atoms with E-state index in [1.165, 1.54) is 5.56 Å². The zero-order chi connectivity index (χ0) is 15.9. The van der Waals surface area contributed by atoms with Gasteiger partial charge in [0.05, 0.1) is 6.04 Å². The van der Waals surface area contributed by atoms with Crippen LogP contribution in [0.25, 0.3) is 0 Å². The zero-order valence-electron chi connectivity index (χ0n) is 13.4. The van der Waals surface area contributed by atoms with E-state index in [0.717, 1.165) is 5.69 Å². The van der Waals surface area contributed by atoms with Gasteiger partial charge < -0.3 is 5.32 Å². The summed E-state index contributed by atoms with van der Waals surface area (Å²) >= 11 is 0. The third-order valence-corrected chi connectivity index (χ3v) is 3.69. The number of carbonyl (C=O) groups excluding carboxylic acids is 1. The highest BCUT2D eigenvalue weighted by Gasteiger charge is 2.21. The Balaban J connectivity index is 2.02. The number of hydrogen-bond donors (Lipinski definition) is 2. The third kappa shape index (κ3) is 4.43. The molecular formula is C19H24N2O. The molecule has 0 aromatic heterocycles. The topological polar surface area (TPSA) is 41.1 Å². The molecular weight excluding hydrogens is 272 g/mol. The van der Waals surface area contributed by atoms with Gasteiger partial charge in [0, 0.05) is 11.7 Å². The Kier molecular flexibility index (Phi) is 5.73. The number of para-hydroxylation sites is 1. The van der Waals surface area contributed by atoms with Gasteiger partial charge in [-0.05, 0) is 30.5 Å².